The zero-order valence-electron chi connectivity index (χ0n) is 13.8. The number of nitrogens with one attached hydrogen (secondary N) is 1. The second kappa shape index (κ2) is 6.82. The molecule has 0 aromatic heterocycles. The van der Waals surface area contributed by atoms with Crippen molar-refractivity contribution >= 4 is 23.7 Å². The highest BCUT2D eigenvalue weighted by molar-refractivity contribution is 6.22. The van der Waals surface area contributed by atoms with Gasteiger partial charge in [-0.25, -0.2) is 4.79 Å². The average molecular weight is 332 g/mol. The third-order valence-electron chi connectivity index (χ3n) is 3.77. The molecular formula is C17H20N2O5. The van der Waals surface area contributed by atoms with Gasteiger partial charge in [0.25, 0.3) is 11.8 Å². The Bertz CT molecular complexity index is 711. The third kappa shape index (κ3) is 3.61. The van der Waals surface area contributed by atoms with Gasteiger partial charge in [0, 0.05) is 0 Å². The molecule has 1 aromatic carbocycles. The number of carboxylic acid groups (broad SMARTS) is 1. The van der Waals surface area contributed by atoms with Crippen molar-refractivity contribution in [1.29, 1.82) is 0 Å². The first-order valence-corrected chi connectivity index (χ1v) is 7.69. The summed E-state index contributed by atoms with van der Waals surface area (Å²) in [6.45, 7) is 4.99. The van der Waals surface area contributed by atoms with Crippen molar-refractivity contribution in [2.75, 3.05) is 6.54 Å². The third-order valence-corrected chi connectivity index (χ3v) is 3.77. The van der Waals surface area contributed by atoms with Gasteiger partial charge in [-0.2, -0.15) is 0 Å². The van der Waals surface area contributed by atoms with Gasteiger partial charge in [-0.05, 0) is 31.4 Å². The van der Waals surface area contributed by atoms with Gasteiger partial charge in [-0.3, -0.25) is 19.3 Å². The number of fused-ring (bicyclic) bond motifs is 1. The van der Waals surface area contributed by atoms with Crippen LogP contribution in [0.5, 0.6) is 0 Å². The highest BCUT2D eigenvalue weighted by Crippen LogP contribution is 2.23. The molecule has 2 rings (SSSR count). The molecule has 7 heteroatoms. The lowest BCUT2D eigenvalue weighted by molar-refractivity contribution is -0.142. The van der Waals surface area contributed by atoms with Gasteiger partial charge < -0.3 is 10.4 Å². The van der Waals surface area contributed by atoms with E-state index in [0.717, 1.165) is 10.5 Å². The maximum absolute atomic E-state index is 12.3. The van der Waals surface area contributed by atoms with E-state index in [2.05, 4.69) is 5.32 Å². The van der Waals surface area contributed by atoms with Crippen molar-refractivity contribution in [3.8, 4) is 0 Å². The summed E-state index contributed by atoms with van der Waals surface area (Å²) in [4.78, 5) is 48.7. The monoisotopic (exact) mass is 332 g/mol. The molecule has 1 aliphatic rings. The second-order valence-electron chi connectivity index (χ2n) is 6.33. The first kappa shape index (κ1) is 17.7. The lowest BCUT2D eigenvalue weighted by Gasteiger charge is -2.19. The number of nitrogens with zero attached hydrogens (tertiary/aromatic N) is 1. The number of amides is 3. The summed E-state index contributed by atoms with van der Waals surface area (Å²) < 4.78 is 0. The summed E-state index contributed by atoms with van der Waals surface area (Å²) in [7, 11) is 0. The predicted molar refractivity (Wildman–Crippen MR) is 85.6 cm³/mol. The topological polar surface area (TPSA) is 104 Å². The summed E-state index contributed by atoms with van der Waals surface area (Å²) in [5, 5.41) is 11.5. The van der Waals surface area contributed by atoms with Crippen molar-refractivity contribution < 1.29 is 24.3 Å². The number of carboxylic acids is 1. The van der Waals surface area contributed by atoms with Gasteiger partial charge in [0.15, 0.2) is 0 Å². The molecule has 1 heterocycles. The summed E-state index contributed by atoms with van der Waals surface area (Å²) >= 11 is 0. The van der Waals surface area contributed by atoms with E-state index in [9.17, 15) is 19.2 Å². The van der Waals surface area contributed by atoms with E-state index < -0.39 is 36.3 Å². The number of aliphatic carboxylic acids is 1. The molecule has 0 saturated carbocycles. The summed E-state index contributed by atoms with van der Waals surface area (Å²) in [5.74, 6) is -2.82. The molecule has 24 heavy (non-hydrogen) atoms. The molecule has 0 spiro atoms. The van der Waals surface area contributed by atoms with Crippen molar-refractivity contribution in [1.82, 2.24) is 10.2 Å². The molecule has 1 atom stereocenters. The van der Waals surface area contributed by atoms with Crippen molar-refractivity contribution in [3.05, 3.63) is 34.9 Å². The highest BCUT2D eigenvalue weighted by Gasteiger charge is 2.37. The van der Waals surface area contributed by atoms with Gasteiger partial charge in [-0.1, -0.05) is 25.5 Å². The van der Waals surface area contributed by atoms with Crippen LogP contribution in [0.4, 0.5) is 0 Å². The van der Waals surface area contributed by atoms with Crippen LogP contribution in [0.15, 0.2) is 18.2 Å². The summed E-state index contributed by atoms with van der Waals surface area (Å²) in [5.41, 5.74) is 1.37. The minimum atomic E-state index is -1.14. The van der Waals surface area contributed by atoms with Gasteiger partial charge >= 0.3 is 5.97 Å². The normalized spacial score (nSPS) is 14.8. The van der Waals surface area contributed by atoms with Gasteiger partial charge in [-0.15, -0.1) is 0 Å². The fourth-order valence-electron chi connectivity index (χ4n) is 2.62. The molecule has 3 amide bonds. The maximum atomic E-state index is 12.3. The number of carbonyl (C=O) groups excluding carboxylic acids is 3. The quantitative estimate of drug-likeness (QED) is 0.762. The molecule has 0 radical (unpaired) electrons. The largest absolute Gasteiger partial charge is 0.480 e. The van der Waals surface area contributed by atoms with Gasteiger partial charge in [0.05, 0.1) is 11.1 Å². The molecule has 1 unspecified atom stereocenters. The average Bonchev–Trinajstić information content (AvgIpc) is 2.70. The summed E-state index contributed by atoms with van der Waals surface area (Å²) in [6, 6.07) is 3.83. The Hall–Kier alpha value is -2.70. The van der Waals surface area contributed by atoms with E-state index in [-0.39, 0.29) is 23.5 Å². The zero-order valence-corrected chi connectivity index (χ0v) is 13.8. The smallest absolute Gasteiger partial charge is 0.326 e. The number of imide groups is 1. The molecule has 7 nitrogen and oxygen atoms in total. The molecule has 0 fully saturated rings. The predicted octanol–water partition coefficient (Wildman–Crippen LogP) is 1.21. The van der Waals surface area contributed by atoms with E-state index in [1.807, 2.05) is 13.8 Å². The van der Waals surface area contributed by atoms with Crippen LogP contribution in [-0.2, 0) is 9.59 Å². The van der Waals surface area contributed by atoms with Crippen LogP contribution >= 0.6 is 0 Å². The fourth-order valence-corrected chi connectivity index (χ4v) is 2.62. The van der Waals surface area contributed by atoms with Crippen LogP contribution in [0, 0.1) is 12.8 Å². The minimum absolute atomic E-state index is 0.0775. The van der Waals surface area contributed by atoms with Crippen LogP contribution < -0.4 is 5.32 Å². The molecule has 0 saturated heterocycles. The molecule has 128 valence electrons. The van der Waals surface area contributed by atoms with Crippen molar-refractivity contribution in [3.63, 3.8) is 0 Å². The van der Waals surface area contributed by atoms with E-state index in [4.69, 9.17) is 5.11 Å². The van der Waals surface area contributed by atoms with Gasteiger partial charge in [0.1, 0.15) is 12.6 Å². The number of rotatable bonds is 6. The van der Waals surface area contributed by atoms with Crippen LogP contribution in [0.3, 0.4) is 0 Å². The fraction of sp³-hybridized carbons (Fsp3) is 0.412. The van der Waals surface area contributed by atoms with E-state index in [0.29, 0.717) is 0 Å². The Morgan fingerprint density at radius 3 is 2.38 bits per heavy atom. The zero-order chi connectivity index (χ0) is 18.0. The van der Waals surface area contributed by atoms with Crippen LogP contribution in [-0.4, -0.2) is 46.3 Å². The standard InChI is InChI=1S/C17H20N2O5/c1-9(2)6-13(17(23)24)18-14(20)8-19-15(21)11-5-4-10(3)7-12(11)16(19)22/h4-5,7,9,13H,6,8H2,1-3H3,(H,18,20)(H,23,24). The minimum Gasteiger partial charge on any atom is -0.480 e. The Labute approximate surface area is 139 Å². The van der Waals surface area contributed by atoms with Gasteiger partial charge in [0.2, 0.25) is 5.91 Å². The molecule has 0 bridgehead atoms. The Morgan fingerprint density at radius 1 is 1.17 bits per heavy atom. The SMILES string of the molecule is Cc1ccc2c(c1)C(=O)N(CC(=O)NC(CC(C)C)C(=O)O)C2=O. The van der Waals surface area contributed by atoms with E-state index in [1.54, 1.807) is 25.1 Å². The van der Waals surface area contributed by atoms with Crippen LogP contribution in [0.2, 0.25) is 0 Å². The molecule has 1 aromatic rings. The molecule has 2 N–H and O–H groups in total. The lowest BCUT2D eigenvalue weighted by Crippen LogP contribution is -2.47. The second-order valence-corrected chi connectivity index (χ2v) is 6.33. The number of carbonyl (C=O) groups is 4. The first-order chi connectivity index (χ1) is 11.2. The Balaban J connectivity index is 2.09. The van der Waals surface area contributed by atoms with Crippen LogP contribution in [0.1, 0.15) is 46.5 Å². The maximum Gasteiger partial charge on any atom is 0.326 e. The highest BCUT2D eigenvalue weighted by atomic mass is 16.4. The molecule has 0 aliphatic carbocycles. The molecular weight excluding hydrogens is 312 g/mol. The number of benzene rings is 1. The van der Waals surface area contributed by atoms with Crippen molar-refractivity contribution in [2.45, 2.75) is 33.2 Å². The van der Waals surface area contributed by atoms with Crippen molar-refractivity contribution in [2.24, 2.45) is 5.92 Å². The first-order valence-electron chi connectivity index (χ1n) is 7.69. The number of hydrogen-bond donors (Lipinski definition) is 2. The number of hydrogen-bond acceptors (Lipinski definition) is 4. The Morgan fingerprint density at radius 2 is 1.79 bits per heavy atom. The number of aryl methyl sites for hydroxylation is 1. The Kier molecular flexibility index (Phi) is 5.02. The summed E-state index contributed by atoms with van der Waals surface area (Å²) in [6.07, 6.45) is 0.266. The molecule has 1 aliphatic heterocycles. The lowest BCUT2D eigenvalue weighted by atomic mass is 10.0. The van der Waals surface area contributed by atoms with E-state index >= 15 is 0 Å². The van der Waals surface area contributed by atoms with E-state index in [1.165, 1.54) is 0 Å². The van der Waals surface area contributed by atoms with Crippen LogP contribution in [0.25, 0.3) is 0 Å².